The molecular weight excluding hydrogens is 575 g/mol. The number of likely N-dealkylation sites (N-methyl/N-ethyl adjacent to an activating group) is 1. The number of carbonyl (C=O) groups excluding carboxylic acids is 2. The topological polar surface area (TPSA) is 85.6 Å². The van der Waals surface area contributed by atoms with Gasteiger partial charge in [-0.3, -0.25) is 9.20 Å². The summed E-state index contributed by atoms with van der Waals surface area (Å²) in [5.74, 6) is 0.319. The Kier molecular flexibility index (Phi) is 8.25. The maximum atomic E-state index is 14.7. The molecule has 0 saturated carbocycles. The molecule has 226 valence electrons. The Morgan fingerprint density at radius 3 is 2.60 bits per heavy atom. The quantitative estimate of drug-likeness (QED) is 0.236. The van der Waals surface area contributed by atoms with Crippen molar-refractivity contribution in [3.63, 3.8) is 0 Å². The molecule has 0 fully saturated rings. The van der Waals surface area contributed by atoms with Crippen LogP contribution in [0.15, 0.2) is 54.6 Å². The number of carbonyl (C=O) groups is 2. The normalized spacial score (nSPS) is 14.3. The SMILES string of the molecule is COc1cccc2nc(C(=O)N(CCN(C)C(=O)OC(C)(C)C)C3COc4ccc(Cl)cc43)c(-c3ccc(F)c(C)c3)n12. The van der Waals surface area contributed by atoms with Crippen molar-refractivity contribution in [2.24, 2.45) is 0 Å². The number of rotatable bonds is 7. The smallest absolute Gasteiger partial charge is 0.410 e. The van der Waals surface area contributed by atoms with Gasteiger partial charge in [-0.25, -0.2) is 14.2 Å². The van der Waals surface area contributed by atoms with E-state index in [9.17, 15) is 14.0 Å². The second-order valence-corrected chi connectivity index (χ2v) is 11.9. The number of aryl methyl sites for hydroxylation is 1. The molecule has 2 aromatic heterocycles. The number of methoxy groups -OCH3 is 1. The monoisotopic (exact) mass is 608 g/mol. The van der Waals surface area contributed by atoms with Crippen molar-refractivity contribution in [3.8, 4) is 22.9 Å². The van der Waals surface area contributed by atoms with Gasteiger partial charge in [0.1, 0.15) is 29.4 Å². The molecule has 1 aliphatic rings. The molecule has 2 aromatic carbocycles. The van der Waals surface area contributed by atoms with E-state index in [-0.39, 0.29) is 31.2 Å². The standard InChI is InChI=1S/C32H34ClFN4O5/c1-19-16-20(10-12-23(19)34)29-28(35-26-8-7-9-27(41-6)38(26)29)30(39)37(15-14-36(5)31(40)43-32(2,3)4)24-18-42-25-13-11-21(33)17-22(24)25/h7-13,16-17,24H,14-15,18H2,1-6H3. The predicted molar refractivity (Wildman–Crippen MR) is 161 cm³/mol. The highest BCUT2D eigenvalue weighted by molar-refractivity contribution is 6.30. The second kappa shape index (κ2) is 11.8. The maximum Gasteiger partial charge on any atom is 0.410 e. The first-order chi connectivity index (χ1) is 20.4. The van der Waals surface area contributed by atoms with Crippen LogP contribution in [-0.4, -0.2) is 70.6 Å². The van der Waals surface area contributed by atoms with Gasteiger partial charge in [0.15, 0.2) is 11.6 Å². The van der Waals surface area contributed by atoms with Crippen LogP contribution in [0.1, 0.15) is 48.4 Å². The van der Waals surface area contributed by atoms with E-state index in [0.717, 1.165) is 5.56 Å². The number of halogens is 2. The van der Waals surface area contributed by atoms with Crippen LogP contribution in [0.2, 0.25) is 5.02 Å². The van der Waals surface area contributed by atoms with Crippen LogP contribution in [0.4, 0.5) is 9.18 Å². The molecule has 0 N–H and O–H groups in total. The molecule has 9 nitrogen and oxygen atoms in total. The van der Waals surface area contributed by atoms with Crippen LogP contribution in [-0.2, 0) is 4.74 Å². The molecule has 0 bridgehead atoms. The van der Waals surface area contributed by atoms with Crippen molar-refractivity contribution < 1.29 is 28.2 Å². The van der Waals surface area contributed by atoms with E-state index in [4.69, 9.17) is 30.8 Å². The number of pyridine rings is 1. The molecule has 11 heteroatoms. The first-order valence-electron chi connectivity index (χ1n) is 13.9. The number of imidazole rings is 1. The summed E-state index contributed by atoms with van der Waals surface area (Å²) in [6.45, 7) is 7.55. The highest BCUT2D eigenvalue weighted by atomic mass is 35.5. The van der Waals surface area contributed by atoms with E-state index in [2.05, 4.69) is 0 Å². The van der Waals surface area contributed by atoms with Crippen molar-refractivity contribution in [2.75, 3.05) is 33.9 Å². The molecule has 0 saturated heterocycles. The summed E-state index contributed by atoms with van der Waals surface area (Å²) in [6.07, 6.45) is -0.508. The van der Waals surface area contributed by atoms with Gasteiger partial charge < -0.3 is 24.0 Å². The van der Waals surface area contributed by atoms with Gasteiger partial charge in [-0.1, -0.05) is 17.7 Å². The zero-order chi connectivity index (χ0) is 31.1. The molecule has 5 rings (SSSR count). The zero-order valence-electron chi connectivity index (χ0n) is 25.0. The van der Waals surface area contributed by atoms with E-state index < -0.39 is 23.6 Å². The third kappa shape index (κ3) is 6.10. The number of ether oxygens (including phenoxy) is 3. The van der Waals surface area contributed by atoms with Gasteiger partial charge in [0.2, 0.25) is 0 Å². The fraction of sp³-hybridized carbons (Fsp3) is 0.344. The van der Waals surface area contributed by atoms with Crippen molar-refractivity contribution in [3.05, 3.63) is 82.3 Å². The van der Waals surface area contributed by atoms with Gasteiger partial charge in [-0.05, 0) is 81.8 Å². The Balaban J connectivity index is 1.61. The molecule has 2 amide bonds. The highest BCUT2D eigenvalue weighted by Crippen LogP contribution is 2.39. The minimum Gasteiger partial charge on any atom is -0.491 e. The van der Waals surface area contributed by atoms with Crippen molar-refractivity contribution in [2.45, 2.75) is 39.3 Å². The first-order valence-corrected chi connectivity index (χ1v) is 14.2. The average Bonchev–Trinajstić information content (AvgIpc) is 3.55. The molecule has 43 heavy (non-hydrogen) atoms. The lowest BCUT2D eigenvalue weighted by atomic mass is 10.0. The second-order valence-electron chi connectivity index (χ2n) is 11.4. The third-order valence-corrected chi connectivity index (χ3v) is 7.43. The zero-order valence-corrected chi connectivity index (χ0v) is 25.7. The summed E-state index contributed by atoms with van der Waals surface area (Å²) < 4.78 is 33.2. The minimum atomic E-state index is -0.673. The molecular formula is C32H34ClFN4O5. The fourth-order valence-corrected chi connectivity index (χ4v) is 5.26. The number of benzene rings is 2. The number of fused-ring (bicyclic) bond motifs is 2. The highest BCUT2D eigenvalue weighted by Gasteiger charge is 2.36. The Labute approximate surface area is 254 Å². The number of hydrogen-bond donors (Lipinski definition) is 0. The average molecular weight is 609 g/mol. The van der Waals surface area contributed by atoms with Crippen LogP contribution >= 0.6 is 11.6 Å². The largest absolute Gasteiger partial charge is 0.491 e. The number of aromatic nitrogens is 2. The molecule has 1 aliphatic heterocycles. The van der Waals surface area contributed by atoms with Crippen molar-refractivity contribution in [1.29, 1.82) is 0 Å². The molecule has 0 aliphatic carbocycles. The van der Waals surface area contributed by atoms with Gasteiger partial charge in [0.05, 0.1) is 18.8 Å². The molecule has 4 aromatic rings. The Hall–Kier alpha value is -4.31. The van der Waals surface area contributed by atoms with Crippen molar-refractivity contribution in [1.82, 2.24) is 19.2 Å². The summed E-state index contributed by atoms with van der Waals surface area (Å²) in [7, 11) is 3.15. The van der Waals surface area contributed by atoms with Crippen molar-refractivity contribution >= 4 is 29.2 Å². The van der Waals surface area contributed by atoms with Crippen LogP contribution in [0, 0.1) is 12.7 Å². The number of hydrogen-bond acceptors (Lipinski definition) is 6. The predicted octanol–water partition coefficient (Wildman–Crippen LogP) is 6.55. The summed E-state index contributed by atoms with van der Waals surface area (Å²) >= 11 is 6.35. The number of amides is 2. The Bertz CT molecular complexity index is 1700. The fourth-order valence-electron chi connectivity index (χ4n) is 5.08. The van der Waals surface area contributed by atoms with E-state index in [1.54, 1.807) is 92.6 Å². The van der Waals surface area contributed by atoms with Gasteiger partial charge >= 0.3 is 6.09 Å². The van der Waals surface area contributed by atoms with Gasteiger partial charge in [-0.2, -0.15) is 0 Å². The summed E-state index contributed by atoms with van der Waals surface area (Å²) in [4.78, 5) is 35.2. The summed E-state index contributed by atoms with van der Waals surface area (Å²) in [6, 6.07) is 14.7. The maximum absolute atomic E-state index is 14.7. The van der Waals surface area contributed by atoms with Crippen LogP contribution in [0.25, 0.3) is 16.9 Å². The van der Waals surface area contributed by atoms with Gasteiger partial charge in [0.25, 0.3) is 5.91 Å². The lowest BCUT2D eigenvalue weighted by Gasteiger charge is -2.31. The van der Waals surface area contributed by atoms with Crippen LogP contribution in [0.3, 0.4) is 0 Å². The minimum absolute atomic E-state index is 0.140. The molecule has 3 heterocycles. The summed E-state index contributed by atoms with van der Waals surface area (Å²) in [5, 5.41) is 0.507. The first kappa shape index (κ1) is 30.2. The summed E-state index contributed by atoms with van der Waals surface area (Å²) in [5.41, 5.74) is 2.17. The van der Waals surface area contributed by atoms with E-state index in [1.165, 1.54) is 18.1 Å². The third-order valence-electron chi connectivity index (χ3n) is 7.20. The molecule has 0 radical (unpaired) electrons. The molecule has 1 atom stereocenters. The molecule has 0 spiro atoms. The van der Waals surface area contributed by atoms with E-state index in [0.29, 0.717) is 39.1 Å². The lowest BCUT2D eigenvalue weighted by molar-refractivity contribution is 0.0262. The van der Waals surface area contributed by atoms with E-state index in [1.807, 2.05) is 0 Å². The van der Waals surface area contributed by atoms with Gasteiger partial charge in [0, 0.05) is 36.3 Å². The number of nitrogens with zero attached hydrogens (tertiary/aromatic N) is 4. The van der Waals surface area contributed by atoms with Crippen LogP contribution < -0.4 is 9.47 Å². The Morgan fingerprint density at radius 2 is 1.91 bits per heavy atom. The van der Waals surface area contributed by atoms with Crippen LogP contribution in [0.5, 0.6) is 11.6 Å². The van der Waals surface area contributed by atoms with E-state index >= 15 is 0 Å². The molecule has 1 unspecified atom stereocenters. The Morgan fingerprint density at radius 1 is 1.14 bits per heavy atom. The van der Waals surface area contributed by atoms with Gasteiger partial charge in [-0.15, -0.1) is 0 Å². The lowest BCUT2D eigenvalue weighted by Crippen LogP contribution is -2.43.